The first-order valence-corrected chi connectivity index (χ1v) is 3.39. The Kier molecular flexibility index (Phi) is 4.03. The minimum Gasteiger partial charge on any atom is -0.469 e. The van der Waals surface area contributed by atoms with Crippen LogP contribution in [-0.4, -0.2) is 24.3 Å². The highest BCUT2D eigenvalue weighted by molar-refractivity contribution is 5.72. The summed E-state index contributed by atoms with van der Waals surface area (Å²) >= 11 is 0. The summed E-state index contributed by atoms with van der Waals surface area (Å²) in [5, 5.41) is 9.13. The van der Waals surface area contributed by atoms with Crippen LogP contribution in [0.5, 0.6) is 0 Å². The van der Waals surface area contributed by atoms with Gasteiger partial charge in [0.2, 0.25) is 0 Å². The molecule has 0 aliphatic carbocycles. The summed E-state index contributed by atoms with van der Waals surface area (Å²) in [4.78, 5) is 10.7. The van der Waals surface area contributed by atoms with E-state index in [1.165, 1.54) is 7.11 Å². The number of rotatable bonds is 3. The molecule has 0 unspecified atom stereocenters. The van der Waals surface area contributed by atoms with Crippen LogP contribution in [-0.2, 0) is 9.53 Å². The van der Waals surface area contributed by atoms with Gasteiger partial charge in [-0.25, -0.2) is 0 Å². The predicted molar refractivity (Wildman–Crippen MR) is 37.5 cm³/mol. The zero-order chi connectivity index (χ0) is 8.15. The molecule has 0 aliphatic heterocycles. The number of aliphatic hydroxyl groups is 1. The number of hydrogen-bond acceptors (Lipinski definition) is 3. The predicted octanol–water partition coefficient (Wildman–Crippen LogP) is 0.566. The lowest BCUT2D eigenvalue weighted by atomic mass is 10.0. The summed E-state index contributed by atoms with van der Waals surface area (Å²) in [5.41, 5.74) is 0. The van der Waals surface area contributed by atoms with Crippen LogP contribution < -0.4 is 0 Å². The van der Waals surface area contributed by atoms with Gasteiger partial charge in [0.15, 0.2) is 0 Å². The van der Waals surface area contributed by atoms with Crippen LogP contribution in [0.3, 0.4) is 0 Å². The summed E-state index contributed by atoms with van der Waals surface area (Å²) in [5.74, 6) is -0.760. The monoisotopic (exact) mass is 146 g/mol. The number of carbonyl (C=O) groups is 1. The van der Waals surface area contributed by atoms with E-state index in [0.717, 1.165) is 0 Å². The second kappa shape index (κ2) is 4.28. The maximum atomic E-state index is 10.7. The molecule has 0 saturated heterocycles. The number of methoxy groups -OCH3 is 1. The van der Waals surface area contributed by atoms with Crippen molar-refractivity contribution < 1.29 is 14.6 Å². The van der Waals surface area contributed by atoms with Crippen molar-refractivity contribution in [3.8, 4) is 0 Å². The Morgan fingerprint density at radius 3 is 2.50 bits per heavy atom. The van der Waals surface area contributed by atoms with Crippen molar-refractivity contribution in [2.45, 2.75) is 26.4 Å². The fourth-order valence-corrected chi connectivity index (χ4v) is 0.697. The molecule has 0 amide bonds. The van der Waals surface area contributed by atoms with E-state index in [1.807, 2.05) is 6.92 Å². The molecule has 0 saturated carbocycles. The van der Waals surface area contributed by atoms with Gasteiger partial charge in [-0.2, -0.15) is 0 Å². The van der Waals surface area contributed by atoms with Gasteiger partial charge >= 0.3 is 5.97 Å². The smallest absolute Gasteiger partial charge is 0.311 e. The van der Waals surface area contributed by atoms with E-state index in [4.69, 9.17) is 5.11 Å². The molecule has 0 aromatic rings. The third-order valence-electron chi connectivity index (χ3n) is 1.57. The highest BCUT2D eigenvalue weighted by Crippen LogP contribution is 2.07. The van der Waals surface area contributed by atoms with Gasteiger partial charge in [-0.05, 0) is 13.3 Å². The molecule has 60 valence electrons. The highest BCUT2D eigenvalue weighted by Gasteiger charge is 2.20. The van der Waals surface area contributed by atoms with Crippen molar-refractivity contribution in [1.82, 2.24) is 0 Å². The lowest BCUT2D eigenvalue weighted by Crippen LogP contribution is -2.25. The molecule has 1 N–H and O–H groups in total. The Morgan fingerprint density at radius 1 is 1.70 bits per heavy atom. The Labute approximate surface area is 61.0 Å². The topological polar surface area (TPSA) is 46.5 Å². The standard InChI is InChI=1S/C7H14O3/c1-4-6(8)5(2)7(9)10-3/h5-6,8H,4H2,1-3H3/t5-,6-/m1/s1. The van der Waals surface area contributed by atoms with E-state index in [-0.39, 0.29) is 5.97 Å². The summed E-state index contributed by atoms with van der Waals surface area (Å²) in [6.45, 7) is 3.48. The fourth-order valence-electron chi connectivity index (χ4n) is 0.697. The van der Waals surface area contributed by atoms with Crippen LogP contribution in [0.15, 0.2) is 0 Å². The van der Waals surface area contributed by atoms with Crippen LogP contribution >= 0.6 is 0 Å². The van der Waals surface area contributed by atoms with Gasteiger partial charge in [0.1, 0.15) is 0 Å². The van der Waals surface area contributed by atoms with Gasteiger partial charge in [-0.3, -0.25) is 4.79 Å². The Hall–Kier alpha value is -0.570. The molecular weight excluding hydrogens is 132 g/mol. The van der Waals surface area contributed by atoms with E-state index >= 15 is 0 Å². The van der Waals surface area contributed by atoms with Crippen molar-refractivity contribution in [2.24, 2.45) is 5.92 Å². The van der Waals surface area contributed by atoms with E-state index < -0.39 is 12.0 Å². The van der Waals surface area contributed by atoms with Crippen molar-refractivity contribution >= 4 is 5.97 Å². The second-order valence-corrected chi connectivity index (χ2v) is 2.29. The SMILES string of the molecule is CC[C@@H](O)[C@@H](C)C(=O)OC. The molecular formula is C7H14O3. The number of esters is 1. The Bertz CT molecular complexity index is 111. The lowest BCUT2D eigenvalue weighted by Gasteiger charge is -2.13. The normalized spacial score (nSPS) is 16.0. The Morgan fingerprint density at radius 2 is 2.20 bits per heavy atom. The van der Waals surface area contributed by atoms with Gasteiger partial charge in [-0.15, -0.1) is 0 Å². The number of aliphatic hydroxyl groups excluding tert-OH is 1. The fraction of sp³-hybridized carbons (Fsp3) is 0.857. The number of hydrogen-bond donors (Lipinski definition) is 1. The second-order valence-electron chi connectivity index (χ2n) is 2.29. The Balaban J connectivity index is 3.81. The molecule has 0 aliphatic rings. The molecule has 0 fully saturated rings. The molecule has 0 aromatic carbocycles. The molecule has 3 nitrogen and oxygen atoms in total. The number of carbonyl (C=O) groups excluding carboxylic acids is 1. The van der Waals surface area contributed by atoms with E-state index in [1.54, 1.807) is 6.92 Å². The summed E-state index contributed by atoms with van der Waals surface area (Å²) in [6.07, 6.45) is 0.00319. The first kappa shape index (κ1) is 9.43. The van der Waals surface area contributed by atoms with Crippen LogP contribution in [0, 0.1) is 5.92 Å². The van der Waals surface area contributed by atoms with Crippen LogP contribution in [0.25, 0.3) is 0 Å². The molecule has 2 atom stereocenters. The van der Waals surface area contributed by atoms with Gasteiger partial charge in [-0.1, -0.05) is 6.92 Å². The van der Waals surface area contributed by atoms with Crippen molar-refractivity contribution in [3.63, 3.8) is 0 Å². The van der Waals surface area contributed by atoms with Crippen LogP contribution in [0.2, 0.25) is 0 Å². The van der Waals surface area contributed by atoms with Gasteiger partial charge in [0.05, 0.1) is 19.1 Å². The third kappa shape index (κ3) is 2.35. The molecule has 3 heteroatoms. The average molecular weight is 146 g/mol. The zero-order valence-electron chi connectivity index (χ0n) is 6.63. The van der Waals surface area contributed by atoms with E-state index in [9.17, 15) is 4.79 Å². The van der Waals surface area contributed by atoms with Gasteiger partial charge < -0.3 is 9.84 Å². The quantitative estimate of drug-likeness (QED) is 0.592. The van der Waals surface area contributed by atoms with E-state index in [0.29, 0.717) is 6.42 Å². The molecule has 0 spiro atoms. The third-order valence-corrected chi connectivity index (χ3v) is 1.57. The maximum absolute atomic E-state index is 10.7. The van der Waals surface area contributed by atoms with E-state index in [2.05, 4.69) is 4.74 Å². The van der Waals surface area contributed by atoms with Crippen molar-refractivity contribution in [3.05, 3.63) is 0 Å². The molecule has 10 heavy (non-hydrogen) atoms. The van der Waals surface area contributed by atoms with Crippen LogP contribution in [0.4, 0.5) is 0 Å². The summed E-state index contributed by atoms with van der Waals surface area (Å²) in [6, 6.07) is 0. The minimum atomic E-state index is -0.576. The van der Waals surface area contributed by atoms with Crippen molar-refractivity contribution in [1.29, 1.82) is 0 Å². The number of ether oxygens (including phenoxy) is 1. The molecule has 0 aromatic heterocycles. The molecule has 0 radical (unpaired) electrons. The van der Waals surface area contributed by atoms with Crippen molar-refractivity contribution in [2.75, 3.05) is 7.11 Å². The average Bonchev–Trinajstić information content (AvgIpc) is 2.00. The summed E-state index contributed by atoms with van der Waals surface area (Å²) < 4.78 is 4.44. The highest BCUT2D eigenvalue weighted by atomic mass is 16.5. The molecule has 0 bridgehead atoms. The first-order chi connectivity index (χ1) is 4.63. The molecule has 0 rings (SSSR count). The summed E-state index contributed by atoms with van der Waals surface area (Å²) in [7, 11) is 1.32. The minimum absolute atomic E-state index is 0.352. The van der Waals surface area contributed by atoms with Gasteiger partial charge in [0.25, 0.3) is 0 Å². The van der Waals surface area contributed by atoms with Crippen LogP contribution in [0.1, 0.15) is 20.3 Å². The molecule has 0 heterocycles. The van der Waals surface area contributed by atoms with Gasteiger partial charge in [0, 0.05) is 0 Å². The largest absolute Gasteiger partial charge is 0.469 e. The maximum Gasteiger partial charge on any atom is 0.311 e. The lowest BCUT2D eigenvalue weighted by molar-refractivity contribution is -0.148. The first-order valence-electron chi connectivity index (χ1n) is 3.39. The zero-order valence-corrected chi connectivity index (χ0v) is 6.63.